The quantitative estimate of drug-likeness (QED) is 0.450. The van der Waals surface area contributed by atoms with Crippen molar-refractivity contribution in [1.29, 1.82) is 0 Å². The summed E-state index contributed by atoms with van der Waals surface area (Å²) in [5.41, 5.74) is 6.46. The van der Waals surface area contributed by atoms with Crippen LogP contribution in [0.5, 0.6) is 0 Å². The molecule has 2 aromatic heterocycles. The van der Waals surface area contributed by atoms with Crippen LogP contribution in [0.3, 0.4) is 0 Å². The van der Waals surface area contributed by atoms with Crippen molar-refractivity contribution in [1.82, 2.24) is 9.97 Å². The number of thiazole rings is 1. The fourth-order valence-corrected chi connectivity index (χ4v) is 4.40. The van der Waals surface area contributed by atoms with Crippen molar-refractivity contribution in [3.8, 4) is 0 Å². The van der Waals surface area contributed by atoms with E-state index in [9.17, 15) is 4.79 Å². The van der Waals surface area contributed by atoms with Gasteiger partial charge in [0.05, 0.1) is 23.2 Å². The van der Waals surface area contributed by atoms with Gasteiger partial charge in [0.1, 0.15) is 0 Å². The van der Waals surface area contributed by atoms with Crippen molar-refractivity contribution in [2.24, 2.45) is 0 Å². The zero-order valence-corrected chi connectivity index (χ0v) is 17.7. The maximum Gasteiger partial charge on any atom is 0.233 e. The van der Waals surface area contributed by atoms with E-state index in [1.165, 1.54) is 11.1 Å². The number of rotatable bonds is 5. The minimum Gasteiger partial charge on any atom is -0.283 e. The molecule has 0 fully saturated rings. The highest BCUT2D eigenvalue weighted by Crippen LogP contribution is 2.34. The molecule has 0 aliphatic rings. The molecule has 0 aliphatic heterocycles. The maximum atomic E-state index is 13.3. The van der Waals surface area contributed by atoms with Gasteiger partial charge in [-0.1, -0.05) is 59.4 Å². The lowest BCUT2D eigenvalue weighted by atomic mass is 10.1. The van der Waals surface area contributed by atoms with E-state index in [0.29, 0.717) is 13.0 Å². The molecule has 0 saturated heterocycles. The Labute approximate surface area is 174 Å². The molecule has 0 atom stereocenters. The number of carbonyl (C=O) groups is 1. The number of carbonyl (C=O) groups excluding carboxylic acids is 1. The fourth-order valence-electron chi connectivity index (χ4n) is 3.28. The molecule has 2 aromatic carbocycles. The standard InChI is InChI=1S/C24H23N3OS/c1-16-6-10-19(11-7-16)13-21(28)27(15-20-5-4-12-25-14-20)24-26-22-17(2)8-9-18(3)23(22)29-24/h4-12,14H,13,15H2,1-3H3. The van der Waals surface area contributed by atoms with Crippen LogP contribution in [0.25, 0.3) is 10.2 Å². The normalized spacial score (nSPS) is 11.0. The van der Waals surface area contributed by atoms with Gasteiger partial charge in [-0.3, -0.25) is 14.7 Å². The molecule has 0 unspecified atom stereocenters. The van der Waals surface area contributed by atoms with Gasteiger partial charge in [-0.2, -0.15) is 0 Å². The third-order valence-corrected chi connectivity index (χ3v) is 6.22. The number of nitrogens with zero attached hydrogens (tertiary/aromatic N) is 3. The first-order chi connectivity index (χ1) is 14.0. The molecule has 0 bridgehead atoms. The highest BCUT2D eigenvalue weighted by atomic mass is 32.1. The third kappa shape index (κ3) is 4.20. The Balaban J connectivity index is 1.72. The molecular weight excluding hydrogens is 378 g/mol. The summed E-state index contributed by atoms with van der Waals surface area (Å²) in [6, 6.07) is 16.2. The molecule has 4 rings (SSSR count). The van der Waals surface area contributed by atoms with Gasteiger partial charge < -0.3 is 0 Å². The second-order valence-electron chi connectivity index (χ2n) is 7.38. The highest BCUT2D eigenvalue weighted by molar-refractivity contribution is 7.22. The Morgan fingerprint density at radius 3 is 2.41 bits per heavy atom. The summed E-state index contributed by atoms with van der Waals surface area (Å²) in [4.78, 5) is 24.2. The van der Waals surface area contributed by atoms with E-state index in [0.717, 1.165) is 32.0 Å². The van der Waals surface area contributed by atoms with E-state index in [1.807, 2.05) is 43.3 Å². The molecule has 0 spiro atoms. The lowest BCUT2D eigenvalue weighted by Crippen LogP contribution is -2.31. The molecule has 0 radical (unpaired) electrons. The smallest absolute Gasteiger partial charge is 0.233 e. The minimum atomic E-state index is 0.0343. The maximum absolute atomic E-state index is 13.3. The zero-order chi connectivity index (χ0) is 20.4. The lowest BCUT2D eigenvalue weighted by molar-refractivity contribution is -0.118. The molecule has 5 heteroatoms. The van der Waals surface area contributed by atoms with E-state index in [1.54, 1.807) is 28.6 Å². The van der Waals surface area contributed by atoms with Crippen molar-refractivity contribution in [2.75, 3.05) is 4.90 Å². The van der Waals surface area contributed by atoms with Crippen LogP contribution in [0.15, 0.2) is 60.9 Å². The topological polar surface area (TPSA) is 46.1 Å². The number of fused-ring (bicyclic) bond motifs is 1. The van der Waals surface area contributed by atoms with Crippen molar-refractivity contribution in [2.45, 2.75) is 33.7 Å². The monoisotopic (exact) mass is 401 g/mol. The largest absolute Gasteiger partial charge is 0.283 e. The highest BCUT2D eigenvalue weighted by Gasteiger charge is 2.21. The molecular formula is C24H23N3OS. The molecule has 0 saturated carbocycles. The van der Waals surface area contributed by atoms with Crippen molar-refractivity contribution in [3.05, 3.63) is 88.7 Å². The number of anilines is 1. The first-order valence-electron chi connectivity index (χ1n) is 9.63. The van der Waals surface area contributed by atoms with Gasteiger partial charge in [-0.05, 0) is 49.1 Å². The van der Waals surface area contributed by atoms with E-state index in [-0.39, 0.29) is 5.91 Å². The van der Waals surface area contributed by atoms with Crippen LogP contribution >= 0.6 is 11.3 Å². The summed E-state index contributed by atoms with van der Waals surface area (Å²) in [7, 11) is 0. The summed E-state index contributed by atoms with van der Waals surface area (Å²) in [5.74, 6) is 0.0343. The minimum absolute atomic E-state index is 0.0343. The molecule has 4 aromatic rings. The van der Waals surface area contributed by atoms with Crippen molar-refractivity contribution in [3.63, 3.8) is 0 Å². The van der Waals surface area contributed by atoms with E-state index in [2.05, 4.69) is 31.0 Å². The second kappa shape index (κ2) is 8.13. The number of benzene rings is 2. The Morgan fingerprint density at radius 2 is 1.72 bits per heavy atom. The first kappa shape index (κ1) is 19.3. The first-order valence-corrected chi connectivity index (χ1v) is 10.4. The predicted octanol–water partition coefficient (Wildman–Crippen LogP) is 5.39. The molecule has 0 N–H and O–H groups in total. The number of pyridine rings is 1. The second-order valence-corrected chi connectivity index (χ2v) is 8.35. The number of hydrogen-bond acceptors (Lipinski definition) is 4. The molecule has 2 heterocycles. The summed E-state index contributed by atoms with van der Waals surface area (Å²) in [6.07, 6.45) is 3.89. The zero-order valence-electron chi connectivity index (χ0n) is 16.8. The molecule has 146 valence electrons. The molecule has 1 amide bonds. The Bertz CT molecular complexity index is 1110. The van der Waals surface area contributed by atoms with Gasteiger partial charge in [0, 0.05) is 12.4 Å². The Kier molecular flexibility index (Phi) is 5.41. The van der Waals surface area contributed by atoms with Crippen LogP contribution in [-0.2, 0) is 17.8 Å². The van der Waals surface area contributed by atoms with Crippen LogP contribution < -0.4 is 4.90 Å². The molecule has 0 aliphatic carbocycles. The average molecular weight is 402 g/mol. The summed E-state index contributed by atoms with van der Waals surface area (Å²) >= 11 is 1.58. The average Bonchev–Trinajstić information content (AvgIpc) is 3.18. The van der Waals surface area contributed by atoms with Crippen molar-refractivity contribution < 1.29 is 4.79 Å². The van der Waals surface area contributed by atoms with E-state index in [4.69, 9.17) is 4.98 Å². The Hall–Kier alpha value is -3.05. The van der Waals surface area contributed by atoms with E-state index >= 15 is 0 Å². The van der Waals surface area contributed by atoms with Gasteiger partial charge in [0.25, 0.3) is 0 Å². The Morgan fingerprint density at radius 1 is 0.966 bits per heavy atom. The van der Waals surface area contributed by atoms with Crippen LogP contribution in [0.1, 0.15) is 27.8 Å². The van der Waals surface area contributed by atoms with Crippen LogP contribution in [0.4, 0.5) is 5.13 Å². The van der Waals surface area contributed by atoms with Crippen LogP contribution in [-0.4, -0.2) is 15.9 Å². The fraction of sp³-hybridized carbons (Fsp3) is 0.208. The van der Waals surface area contributed by atoms with Gasteiger partial charge in [-0.25, -0.2) is 4.98 Å². The molecule has 29 heavy (non-hydrogen) atoms. The van der Waals surface area contributed by atoms with Crippen LogP contribution in [0, 0.1) is 20.8 Å². The SMILES string of the molecule is Cc1ccc(CC(=O)N(Cc2cccnc2)c2nc3c(C)ccc(C)c3s2)cc1. The lowest BCUT2D eigenvalue weighted by Gasteiger charge is -2.20. The predicted molar refractivity (Wildman–Crippen MR) is 119 cm³/mol. The summed E-state index contributed by atoms with van der Waals surface area (Å²) in [5, 5.41) is 0.735. The third-order valence-electron chi connectivity index (χ3n) is 5.00. The number of aromatic nitrogens is 2. The number of hydrogen-bond donors (Lipinski definition) is 0. The van der Waals surface area contributed by atoms with Gasteiger partial charge in [0.2, 0.25) is 5.91 Å². The number of aryl methyl sites for hydroxylation is 3. The summed E-state index contributed by atoms with van der Waals surface area (Å²) in [6.45, 7) is 6.65. The van der Waals surface area contributed by atoms with E-state index < -0.39 is 0 Å². The van der Waals surface area contributed by atoms with Gasteiger partial charge >= 0.3 is 0 Å². The molecule has 4 nitrogen and oxygen atoms in total. The van der Waals surface area contributed by atoms with Crippen molar-refractivity contribution >= 4 is 32.6 Å². The summed E-state index contributed by atoms with van der Waals surface area (Å²) < 4.78 is 1.14. The van der Waals surface area contributed by atoms with Gasteiger partial charge in [-0.15, -0.1) is 0 Å². The van der Waals surface area contributed by atoms with Gasteiger partial charge in [0.15, 0.2) is 5.13 Å². The number of amides is 1. The van der Waals surface area contributed by atoms with Crippen LogP contribution in [0.2, 0.25) is 0 Å².